The van der Waals surface area contributed by atoms with Gasteiger partial charge in [-0.1, -0.05) is 24.3 Å². The van der Waals surface area contributed by atoms with Crippen molar-refractivity contribution in [3.63, 3.8) is 0 Å². The summed E-state index contributed by atoms with van der Waals surface area (Å²) in [7, 11) is 0. The molecule has 0 fully saturated rings. The van der Waals surface area contributed by atoms with Gasteiger partial charge in [-0.05, 0) is 44.9 Å². The van der Waals surface area contributed by atoms with Crippen LogP contribution in [0.1, 0.15) is 31.9 Å². The molecule has 0 aromatic heterocycles. The summed E-state index contributed by atoms with van der Waals surface area (Å²) < 4.78 is 0. The molecule has 1 aromatic rings. The van der Waals surface area contributed by atoms with Crippen LogP contribution >= 0.6 is 0 Å². The van der Waals surface area contributed by atoms with Gasteiger partial charge < -0.3 is 4.90 Å². The van der Waals surface area contributed by atoms with Crippen LogP contribution in [0.4, 0.5) is 5.69 Å². The quantitative estimate of drug-likeness (QED) is 0.718. The van der Waals surface area contributed by atoms with E-state index in [9.17, 15) is 0 Å². The summed E-state index contributed by atoms with van der Waals surface area (Å²) in [5, 5.41) is 0. The van der Waals surface area contributed by atoms with Crippen molar-refractivity contribution in [2.75, 3.05) is 18.0 Å². The van der Waals surface area contributed by atoms with Crippen LogP contribution in [0.5, 0.6) is 0 Å². The summed E-state index contributed by atoms with van der Waals surface area (Å²) in [6.45, 7) is 14.7. The Hall–Kier alpha value is -1.24. The Kier molecular flexibility index (Phi) is 3.96. The van der Waals surface area contributed by atoms with E-state index in [1.807, 2.05) is 0 Å². The molecule has 15 heavy (non-hydrogen) atoms. The van der Waals surface area contributed by atoms with Crippen molar-refractivity contribution in [3.8, 4) is 0 Å². The lowest BCUT2D eigenvalue weighted by Crippen LogP contribution is -2.22. The first kappa shape index (κ1) is 11.8. The maximum absolute atomic E-state index is 4.02. The van der Waals surface area contributed by atoms with Gasteiger partial charge in [0.1, 0.15) is 0 Å². The second kappa shape index (κ2) is 5.01. The molecular formula is C14H21N. The maximum atomic E-state index is 4.02. The average Bonchev–Trinajstić information content (AvgIpc) is 2.21. The van der Waals surface area contributed by atoms with E-state index in [1.54, 1.807) is 0 Å². The summed E-state index contributed by atoms with van der Waals surface area (Å²) in [6, 6.07) is 6.45. The Labute approximate surface area is 93.4 Å². The third-order valence-corrected chi connectivity index (χ3v) is 2.87. The van der Waals surface area contributed by atoms with E-state index in [0.29, 0.717) is 0 Å². The molecule has 0 atom stereocenters. The van der Waals surface area contributed by atoms with Gasteiger partial charge in [-0.2, -0.15) is 0 Å². The van der Waals surface area contributed by atoms with E-state index < -0.39 is 0 Å². The van der Waals surface area contributed by atoms with Crippen molar-refractivity contribution >= 4 is 11.3 Å². The monoisotopic (exact) mass is 203 g/mol. The summed E-state index contributed by atoms with van der Waals surface area (Å²) in [4.78, 5) is 2.38. The van der Waals surface area contributed by atoms with Crippen LogP contribution in [0, 0.1) is 6.92 Å². The molecule has 0 saturated carbocycles. The van der Waals surface area contributed by atoms with Gasteiger partial charge in [0.15, 0.2) is 0 Å². The molecule has 82 valence electrons. The number of hydrogen-bond donors (Lipinski definition) is 0. The third-order valence-electron chi connectivity index (χ3n) is 2.87. The lowest BCUT2D eigenvalue weighted by Gasteiger charge is -2.24. The third kappa shape index (κ3) is 2.41. The largest absolute Gasteiger partial charge is 0.372 e. The van der Waals surface area contributed by atoms with E-state index in [0.717, 1.165) is 18.7 Å². The van der Waals surface area contributed by atoms with Crippen LogP contribution < -0.4 is 4.90 Å². The van der Waals surface area contributed by atoms with Gasteiger partial charge in [-0.15, -0.1) is 0 Å². The number of anilines is 1. The predicted molar refractivity (Wildman–Crippen MR) is 69.4 cm³/mol. The van der Waals surface area contributed by atoms with Gasteiger partial charge in [0.05, 0.1) is 0 Å². The Bertz CT molecular complexity index is 348. The molecule has 0 spiro atoms. The van der Waals surface area contributed by atoms with Crippen LogP contribution in [0.15, 0.2) is 24.8 Å². The molecule has 0 aliphatic rings. The highest BCUT2D eigenvalue weighted by Gasteiger charge is 2.08. The topological polar surface area (TPSA) is 3.24 Å². The van der Waals surface area contributed by atoms with Crippen LogP contribution in [0.25, 0.3) is 5.57 Å². The molecule has 0 unspecified atom stereocenters. The molecule has 0 bridgehead atoms. The van der Waals surface area contributed by atoms with Gasteiger partial charge in [0.2, 0.25) is 0 Å². The molecule has 0 aliphatic carbocycles. The first-order valence-corrected chi connectivity index (χ1v) is 5.62. The smallest absolute Gasteiger partial charge is 0.0401 e. The first-order valence-electron chi connectivity index (χ1n) is 5.62. The van der Waals surface area contributed by atoms with Crippen LogP contribution in [0.2, 0.25) is 0 Å². The number of benzene rings is 1. The molecule has 1 aromatic carbocycles. The van der Waals surface area contributed by atoms with Gasteiger partial charge in [-0.3, -0.25) is 0 Å². The van der Waals surface area contributed by atoms with E-state index in [2.05, 4.69) is 57.4 Å². The summed E-state index contributed by atoms with van der Waals surface area (Å²) in [5.41, 5.74) is 5.09. The van der Waals surface area contributed by atoms with E-state index in [1.165, 1.54) is 16.8 Å². The van der Waals surface area contributed by atoms with E-state index >= 15 is 0 Å². The molecule has 0 N–H and O–H groups in total. The molecular weight excluding hydrogens is 182 g/mol. The van der Waals surface area contributed by atoms with Crippen molar-refractivity contribution in [1.82, 2.24) is 0 Å². The van der Waals surface area contributed by atoms with Crippen LogP contribution in [0.3, 0.4) is 0 Å². The number of rotatable bonds is 4. The number of hydrogen-bond acceptors (Lipinski definition) is 1. The molecule has 1 nitrogen and oxygen atoms in total. The fourth-order valence-corrected chi connectivity index (χ4v) is 1.99. The van der Waals surface area contributed by atoms with Crippen LogP contribution in [-0.4, -0.2) is 13.1 Å². The normalized spacial score (nSPS) is 10.1. The fraction of sp³-hybridized carbons (Fsp3) is 0.429. The molecule has 0 radical (unpaired) electrons. The zero-order valence-electron chi connectivity index (χ0n) is 10.3. The second-order valence-electron chi connectivity index (χ2n) is 3.90. The first-order chi connectivity index (χ1) is 7.11. The summed E-state index contributed by atoms with van der Waals surface area (Å²) in [6.07, 6.45) is 0. The van der Waals surface area contributed by atoms with Crippen molar-refractivity contribution in [3.05, 3.63) is 35.9 Å². The van der Waals surface area contributed by atoms with Gasteiger partial charge >= 0.3 is 0 Å². The Morgan fingerprint density at radius 2 is 1.87 bits per heavy atom. The number of nitrogens with zero attached hydrogens (tertiary/aromatic N) is 1. The highest BCUT2D eigenvalue weighted by molar-refractivity contribution is 5.71. The zero-order valence-corrected chi connectivity index (χ0v) is 10.3. The van der Waals surface area contributed by atoms with Gasteiger partial charge in [0.25, 0.3) is 0 Å². The molecule has 1 rings (SSSR count). The predicted octanol–water partition coefficient (Wildman–Crippen LogP) is 3.87. The second-order valence-corrected chi connectivity index (χ2v) is 3.90. The minimum Gasteiger partial charge on any atom is -0.372 e. The maximum Gasteiger partial charge on any atom is 0.0401 e. The average molecular weight is 203 g/mol. The number of allylic oxidation sites excluding steroid dienone is 1. The van der Waals surface area contributed by atoms with Crippen molar-refractivity contribution in [1.29, 1.82) is 0 Å². The molecule has 0 heterocycles. The SMILES string of the molecule is C=C(C)c1cccc(N(CC)CC)c1C. The van der Waals surface area contributed by atoms with Crippen molar-refractivity contribution in [2.24, 2.45) is 0 Å². The fourth-order valence-electron chi connectivity index (χ4n) is 1.99. The Morgan fingerprint density at radius 3 is 2.33 bits per heavy atom. The van der Waals surface area contributed by atoms with E-state index in [-0.39, 0.29) is 0 Å². The van der Waals surface area contributed by atoms with Crippen molar-refractivity contribution < 1.29 is 0 Å². The Balaban J connectivity index is 3.19. The highest BCUT2D eigenvalue weighted by atomic mass is 15.1. The van der Waals surface area contributed by atoms with Crippen LogP contribution in [-0.2, 0) is 0 Å². The standard InChI is InChI=1S/C14H21N/c1-6-15(7-2)14-10-8-9-13(11(3)4)12(14)5/h8-10H,3,6-7H2,1-2,4-5H3. The van der Waals surface area contributed by atoms with Gasteiger partial charge in [0, 0.05) is 18.8 Å². The summed E-state index contributed by atoms with van der Waals surface area (Å²) >= 11 is 0. The van der Waals surface area contributed by atoms with Crippen molar-refractivity contribution in [2.45, 2.75) is 27.7 Å². The lowest BCUT2D eigenvalue weighted by molar-refractivity contribution is 0.861. The summed E-state index contributed by atoms with van der Waals surface area (Å²) in [5.74, 6) is 0. The van der Waals surface area contributed by atoms with Gasteiger partial charge in [-0.25, -0.2) is 0 Å². The zero-order chi connectivity index (χ0) is 11.4. The minimum absolute atomic E-state index is 1.05. The molecule has 0 saturated heterocycles. The molecule has 1 heteroatoms. The molecule has 0 aliphatic heterocycles. The minimum atomic E-state index is 1.05. The van der Waals surface area contributed by atoms with E-state index in [4.69, 9.17) is 0 Å². The lowest BCUT2D eigenvalue weighted by atomic mass is 10.0. The highest BCUT2D eigenvalue weighted by Crippen LogP contribution is 2.26. The molecule has 0 amide bonds. The Morgan fingerprint density at radius 1 is 1.27 bits per heavy atom.